The predicted octanol–water partition coefficient (Wildman–Crippen LogP) is 3.39. The van der Waals surface area contributed by atoms with Gasteiger partial charge in [-0.3, -0.25) is 4.79 Å². The molecule has 1 aromatic rings. The van der Waals surface area contributed by atoms with Crippen LogP contribution in [0.3, 0.4) is 0 Å². The van der Waals surface area contributed by atoms with Crippen LogP contribution < -0.4 is 4.74 Å². The van der Waals surface area contributed by atoms with Gasteiger partial charge in [0.25, 0.3) is 0 Å². The van der Waals surface area contributed by atoms with Crippen LogP contribution >= 0.6 is 11.8 Å². The Morgan fingerprint density at radius 1 is 1.18 bits per heavy atom. The zero-order valence-electron chi connectivity index (χ0n) is 20.2. The summed E-state index contributed by atoms with van der Waals surface area (Å²) in [4.78, 5) is 37.3. The molecule has 0 aliphatic carbocycles. The van der Waals surface area contributed by atoms with E-state index in [2.05, 4.69) is 11.9 Å². The number of aliphatic imine (C=N–C) groups is 1. The summed E-state index contributed by atoms with van der Waals surface area (Å²) in [5.74, 6) is 0.384. The number of hydrogen-bond acceptors (Lipinski definition) is 8. The number of ether oxygens (including phenoxy) is 2. The van der Waals surface area contributed by atoms with Gasteiger partial charge in [-0.25, -0.2) is 9.79 Å². The Morgan fingerprint density at radius 3 is 2.74 bits per heavy atom. The first-order valence-electron chi connectivity index (χ1n) is 11.6. The highest BCUT2D eigenvalue weighted by atomic mass is 32.2. The first-order chi connectivity index (χ1) is 16.5. The van der Waals surface area contributed by atoms with Crippen molar-refractivity contribution >= 4 is 28.8 Å². The first kappa shape index (κ1) is 24.3. The standard InChI is InChI=1S/C25H32N4O4S/c1-5-20-22(24(31)33-4)23(17-8-6-9-19(14-17)32-3)29-18(16-34-25(29)26-20)15-21(30)28-11-7-10-27(2)12-13-28/h6,8-9,14,16,23H,5,7,10-13,15H2,1-4H3. The van der Waals surface area contributed by atoms with Crippen LogP contribution in [0.4, 0.5) is 0 Å². The molecule has 1 unspecified atom stereocenters. The van der Waals surface area contributed by atoms with Crippen molar-refractivity contribution in [2.45, 2.75) is 32.2 Å². The number of fused-ring (bicyclic) bond motifs is 1. The molecule has 0 spiro atoms. The van der Waals surface area contributed by atoms with Crippen LogP contribution in [0.25, 0.3) is 0 Å². The lowest BCUT2D eigenvalue weighted by Crippen LogP contribution is -2.39. The van der Waals surface area contributed by atoms with Crippen LogP contribution in [0.5, 0.6) is 5.75 Å². The van der Waals surface area contributed by atoms with E-state index in [4.69, 9.17) is 14.5 Å². The summed E-state index contributed by atoms with van der Waals surface area (Å²) in [5, 5.41) is 2.76. The second-order valence-corrected chi connectivity index (χ2v) is 9.43. The second-order valence-electron chi connectivity index (χ2n) is 8.59. The maximum absolute atomic E-state index is 13.3. The van der Waals surface area contributed by atoms with Crippen LogP contribution in [-0.4, -0.2) is 79.2 Å². The number of likely N-dealkylation sites (N-methyl/N-ethyl adjacent to an activating group) is 1. The highest BCUT2D eigenvalue weighted by Gasteiger charge is 2.41. The van der Waals surface area contributed by atoms with Crippen LogP contribution in [-0.2, 0) is 14.3 Å². The maximum atomic E-state index is 13.3. The lowest BCUT2D eigenvalue weighted by molar-refractivity contribution is -0.136. The molecule has 9 heteroatoms. The van der Waals surface area contributed by atoms with Gasteiger partial charge >= 0.3 is 5.97 Å². The number of carbonyl (C=O) groups excluding carboxylic acids is 2. The Morgan fingerprint density at radius 2 is 2.00 bits per heavy atom. The fourth-order valence-corrected chi connectivity index (χ4v) is 5.54. The number of carbonyl (C=O) groups is 2. The molecule has 3 heterocycles. The number of benzene rings is 1. The van der Waals surface area contributed by atoms with Gasteiger partial charge in [0.05, 0.1) is 38.0 Å². The van der Waals surface area contributed by atoms with Crippen molar-refractivity contribution in [3.8, 4) is 5.75 Å². The average Bonchev–Trinajstić information content (AvgIpc) is 3.12. The summed E-state index contributed by atoms with van der Waals surface area (Å²) in [5.41, 5.74) is 2.93. The fraction of sp³-hybridized carbons (Fsp3) is 0.480. The molecule has 182 valence electrons. The van der Waals surface area contributed by atoms with E-state index in [9.17, 15) is 9.59 Å². The molecule has 1 amide bonds. The van der Waals surface area contributed by atoms with Crippen LogP contribution in [0, 0.1) is 0 Å². The molecule has 0 aromatic heterocycles. The zero-order chi connectivity index (χ0) is 24.2. The molecule has 4 rings (SSSR count). The van der Waals surface area contributed by atoms with Crippen molar-refractivity contribution in [1.82, 2.24) is 14.7 Å². The van der Waals surface area contributed by atoms with Gasteiger partial charge in [0.1, 0.15) is 5.75 Å². The largest absolute Gasteiger partial charge is 0.497 e. The van der Waals surface area contributed by atoms with Crippen molar-refractivity contribution in [3.05, 3.63) is 52.2 Å². The molecule has 0 radical (unpaired) electrons. The summed E-state index contributed by atoms with van der Waals surface area (Å²) in [6.45, 7) is 5.34. The van der Waals surface area contributed by atoms with E-state index in [0.29, 0.717) is 23.4 Å². The molecule has 1 aromatic carbocycles. The van der Waals surface area contributed by atoms with Crippen LogP contribution in [0.15, 0.2) is 51.6 Å². The number of amidine groups is 1. The molecule has 8 nitrogen and oxygen atoms in total. The minimum Gasteiger partial charge on any atom is -0.497 e. The molecule has 1 saturated heterocycles. The number of amides is 1. The van der Waals surface area contributed by atoms with E-state index in [-0.39, 0.29) is 12.3 Å². The first-order valence-corrected chi connectivity index (χ1v) is 12.5. The molecule has 0 saturated carbocycles. The molecule has 1 atom stereocenters. The molecular formula is C25H32N4O4S. The Bertz CT molecular complexity index is 1050. The van der Waals surface area contributed by atoms with E-state index < -0.39 is 12.0 Å². The number of thioether (sulfide) groups is 1. The molecule has 0 N–H and O–H groups in total. The molecule has 0 bridgehead atoms. The topological polar surface area (TPSA) is 74.7 Å². The number of allylic oxidation sites excluding steroid dienone is 1. The Labute approximate surface area is 205 Å². The minimum absolute atomic E-state index is 0.0951. The Balaban J connectivity index is 1.69. The summed E-state index contributed by atoms with van der Waals surface area (Å²) in [6, 6.07) is 7.23. The molecule has 34 heavy (non-hydrogen) atoms. The van der Waals surface area contributed by atoms with E-state index >= 15 is 0 Å². The Kier molecular flexibility index (Phi) is 7.63. The Hall–Kier alpha value is -2.78. The molecule has 3 aliphatic heterocycles. The van der Waals surface area contributed by atoms with Gasteiger partial charge in [-0.2, -0.15) is 0 Å². The van der Waals surface area contributed by atoms with Crippen molar-refractivity contribution in [1.29, 1.82) is 0 Å². The van der Waals surface area contributed by atoms with E-state index in [1.54, 1.807) is 7.11 Å². The number of hydrogen-bond donors (Lipinski definition) is 0. The molecular weight excluding hydrogens is 452 g/mol. The third-order valence-corrected chi connectivity index (χ3v) is 7.33. The van der Waals surface area contributed by atoms with Gasteiger partial charge < -0.3 is 24.2 Å². The van der Waals surface area contributed by atoms with Crippen molar-refractivity contribution in [3.63, 3.8) is 0 Å². The van der Waals surface area contributed by atoms with E-state index in [1.807, 2.05) is 46.4 Å². The third-order valence-electron chi connectivity index (χ3n) is 6.44. The zero-order valence-corrected chi connectivity index (χ0v) is 21.1. The van der Waals surface area contributed by atoms with Crippen molar-refractivity contribution in [2.75, 3.05) is 47.4 Å². The van der Waals surface area contributed by atoms with Crippen molar-refractivity contribution < 1.29 is 19.1 Å². The number of methoxy groups -OCH3 is 2. The van der Waals surface area contributed by atoms with Crippen LogP contribution in [0.2, 0.25) is 0 Å². The third kappa shape index (κ3) is 4.86. The highest BCUT2D eigenvalue weighted by Crippen LogP contribution is 2.46. The van der Waals surface area contributed by atoms with Gasteiger partial charge in [-0.1, -0.05) is 30.8 Å². The monoisotopic (exact) mass is 484 g/mol. The van der Waals surface area contributed by atoms with Gasteiger partial charge in [-0.15, -0.1) is 0 Å². The quantitative estimate of drug-likeness (QED) is 0.573. The maximum Gasteiger partial charge on any atom is 0.338 e. The van der Waals surface area contributed by atoms with Crippen molar-refractivity contribution in [2.24, 2.45) is 4.99 Å². The summed E-state index contributed by atoms with van der Waals surface area (Å²) in [7, 11) is 5.10. The lowest BCUT2D eigenvalue weighted by atomic mass is 9.92. The molecule has 1 fully saturated rings. The van der Waals surface area contributed by atoms with Gasteiger partial charge in [0, 0.05) is 25.3 Å². The SMILES string of the molecule is CCC1=C(C(=O)OC)C(c2cccc(OC)c2)N2C(CC(=O)N3CCCN(C)CC3)=CSC2=N1. The predicted molar refractivity (Wildman–Crippen MR) is 133 cm³/mol. The molecule has 3 aliphatic rings. The van der Waals surface area contributed by atoms with Gasteiger partial charge in [0.15, 0.2) is 5.17 Å². The van der Waals surface area contributed by atoms with Gasteiger partial charge in [0.2, 0.25) is 5.91 Å². The normalized spacial score (nSPS) is 21.0. The lowest BCUT2D eigenvalue weighted by Gasteiger charge is -2.37. The minimum atomic E-state index is -0.450. The second kappa shape index (κ2) is 10.7. The van der Waals surface area contributed by atoms with E-state index in [1.165, 1.54) is 18.9 Å². The van der Waals surface area contributed by atoms with E-state index in [0.717, 1.165) is 49.0 Å². The van der Waals surface area contributed by atoms with Gasteiger partial charge in [-0.05, 0) is 49.5 Å². The van der Waals surface area contributed by atoms with Crippen LogP contribution in [0.1, 0.15) is 37.8 Å². The number of esters is 1. The summed E-state index contributed by atoms with van der Waals surface area (Å²) >= 11 is 1.49. The fourth-order valence-electron chi connectivity index (χ4n) is 4.60. The highest BCUT2D eigenvalue weighted by molar-refractivity contribution is 8.16. The summed E-state index contributed by atoms with van der Waals surface area (Å²) in [6.07, 6.45) is 1.82. The smallest absolute Gasteiger partial charge is 0.338 e. The number of nitrogens with zero attached hydrogens (tertiary/aromatic N) is 4. The summed E-state index contributed by atoms with van der Waals surface area (Å²) < 4.78 is 10.6. The number of rotatable bonds is 6. The average molecular weight is 485 g/mol.